The first-order chi connectivity index (χ1) is 9.31. The Hall–Kier alpha value is -1.63. The standard InChI is InChI=1S/C13H15BrFNO4/c1-8(13(18)19)6-16(2)12(17)7-20-11-4-3-9(14)5-10(11)15/h3-5,8H,6-7H2,1-2H3,(H,18,19). The van der Waals surface area contributed by atoms with Gasteiger partial charge in [0.25, 0.3) is 5.91 Å². The molecule has 0 heterocycles. The third-order valence-electron chi connectivity index (χ3n) is 2.64. The number of ether oxygens (including phenoxy) is 1. The third-order valence-corrected chi connectivity index (χ3v) is 3.13. The van der Waals surface area contributed by atoms with Crippen LogP contribution >= 0.6 is 15.9 Å². The van der Waals surface area contributed by atoms with Gasteiger partial charge < -0.3 is 14.7 Å². The van der Waals surface area contributed by atoms with Crippen LogP contribution in [-0.2, 0) is 9.59 Å². The Morgan fingerprint density at radius 1 is 1.50 bits per heavy atom. The Bertz CT molecular complexity index is 509. The van der Waals surface area contributed by atoms with Gasteiger partial charge in [-0.1, -0.05) is 22.9 Å². The van der Waals surface area contributed by atoms with Crippen molar-refractivity contribution in [2.45, 2.75) is 6.92 Å². The van der Waals surface area contributed by atoms with Gasteiger partial charge in [-0.2, -0.15) is 0 Å². The van der Waals surface area contributed by atoms with Gasteiger partial charge in [-0.25, -0.2) is 4.39 Å². The smallest absolute Gasteiger partial charge is 0.308 e. The number of hydrogen-bond acceptors (Lipinski definition) is 3. The Balaban J connectivity index is 2.52. The lowest BCUT2D eigenvalue weighted by atomic mass is 10.2. The fourth-order valence-electron chi connectivity index (χ4n) is 1.43. The molecule has 0 saturated carbocycles. The van der Waals surface area contributed by atoms with Crippen molar-refractivity contribution in [1.29, 1.82) is 0 Å². The van der Waals surface area contributed by atoms with Gasteiger partial charge in [-0.05, 0) is 18.2 Å². The molecule has 1 aromatic rings. The number of amides is 1. The summed E-state index contributed by atoms with van der Waals surface area (Å²) < 4.78 is 19.1. The highest BCUT2D eigenvalue weighted by Gasteiger charge is 2.18. The summed E-state index contributed by atoms with van der Waals surface area (Å²) in [6, 6.07) is 4.24. The van der Waals surface area contributed by atoms with Crippen LogP contribution in [0.25, 0.3) is 0 Å². The van der Waals surface area contributed by atoms with Gasteiger partial charge >= 0.3 is 5.97 Å². The lowest BCUT2D eigenvalue weighted by molar-refractivity contribution is -0.143. The van der Waals surface area contributed by atoms with Crippen molar-refractivity contribution in [2.75, 3.05) is 20.2 Å². The summed E-state index contributed by atoms with van der Waals surface area (Å²) >= 11 is 3.11. The van der Waals surface area contributed by atoms with Crippen LogP contribution in [0.1, 0.15) is 6.92 Å². The molecule has 1 aromatic carbocycles. The fraction of sp³-hybridized carbons (Fsp3) is 0.385. The van der Waals surface area contributed by atoms with E-state index in [0.29, 0.717) is 4.47 Å². The van der Waals surface area contributed by atoms with E-state index >= 15 is 0 Å². The van der Waals surface area contributed by atoms with Crippen LogP contribution in [0.2, 0.25) is 0 Å². The van der Waals surface area contributed by atoms with E-state index in [1.807, 2.05) is 0 Å². The molecule has 1 rings (SSSR count). The predicted molar refractivity (Wildman–Crippen MR) is 74.0 cm³/mol. The van der Waals surface area contributed by atoms with Crippen LogP contribution in [0.3, 0.4) is 0 Å². The summed E-state index contributed by atoms with van der Waals surface area (Å²) in [5, 5.41) is 8.76. The molecule has 110 valence electrons. The van der Waals surface area contributed by atoms with Gasteiger partial charge in [0.05, 0.1) is 5.92 Å². The summed E-state index contributed by atoms with van der Waals surface area (Å²) in [6.45, 7) is 1.23. The third kappa shape index (κ3) is 4.80. The lowest BCUT2D eigenvalue weighted by Crippen LogP contribution is -2.36. The van der Waals surface area contributed by atoms with Gasteiger partial charge in [0.15, 0.2) is 18.2 Å². The number of aliphatic carboxylic acids is 1. The van der Waals surface area contributed by atoms with Crippen LogP contribution in [0.5, 0.6) is 5.75 Å². The van der Waals surface area contributed by atoms with Crippen LogP contribution in [0.4, 0.5) is 4.39 Å². The number of carbonyl (C=O) groups excluding carboxylic acids is 1. The number of likely N-dealkylation sites (N-methyl/N-ethyl adjacent to an activating group) is 1. The van der Waals surface area contributed by atoms with Crippen molar-refractivity contribution in [1.82, 2.24) is 4.90 Å². The minimum Gasteiger partial charge on any atom is -0.481 e. The minimum atomic E-state index is -0.982. The first-order valence-electron chi connectivity index (χ1n) is 5.86. The van der Waals surface area contributed by atoms with E-state index in [1.165, 1.54) is 31.0 Å². The number of nitrogens with zero attached hydrogens (tertiary/aromatic N) is 1. The van der Waals surface area contributed by atoms with E-state index in [-0.39, 0.29) is 18.9 Å². The van der Waals surface area contributed by atoms with Crippen molar-refractivity contribution in [2.24, 2.45) is 5.92 Å². The number of carboxylic acids is 1. The molecule has 0 fully saturated rings. The molecule has 0 spiro atoms. The van der Waals surface area contributed by atoms with Crippen molar-refractivity contribution >= 4 is 27.8 Å². The van der Waals surface area contributed by atoms with E-state index in [1.54, 1.807) is 6.07 Å². The highest BCUT2D eigenvalue weighted by molar-refractivity contribution is 9.10. The molecule has 0 aliphatic heterocycles. The van der Waals surface area contributed by atoms with Crippen molar-refractivity contribution in [3.8, 4) is 5.75 Å². The first-order valence-corrected chi connectivity index (χ1v) is 6.65. The largest absolute Gasteiger partial charge is 0.481 e. The molecule has 0 aromatic heterocycles. The van der Waals surface area contributed by atoms with Crippen LogP contribution in [0.15, 0.2) is 22.7 Å². The van der Waals surface area contributed by atoms with E-state index in [2.05, 4.69) is 15.9 Å². The van der Waals surface area contributed by atoms with E-state index in [4.69, 9.17) is 9.84 Å². The van der Waals surface area contributed by atoms with Gasteiger partial charge in [0, 0.05) is 18.1 Å². The molecule has 1 amide bonds. The highest BCUT2D eigenvalue weighted by Crippen LogP contribution is 2.21. The van der Waals surface area contributed by atoms with Gasteiger partial charge in [0.2, 0.25) is 0 Å². The molecule has 0 aliphatic rings. The molecule has 7 heteroatoms. The zero-order valence-corrected chi connectivity index (χ0v) is 12.7. The number of halogens is 2. The number of carboxylic acid groups (broad SMARTS) is 1. The molecular weight excluding hydrogens is 333 g/mol. The summed E-state index contributed by atoms with van der Waals surface area (Å²) in [5.41, 5.74) is 0. The molecule has 0 saturated heterocycles. The maximum atomic E-state index is 13.5. The molecule has 20 heavy (non-hydrogen) atoms. The second-order valence-electron chi connectivity index (χ2n) is 4.38. The normalized spacial score (nSPS) is 11.8. The van der Waals surface area contributed by atoms with Gasteiger partial charge in [-0.15, -0.1) is 0 Å². The Kier molecular flexibility index (Phi) is 5.94. The minimum absolute atomic E-state index is 0.0266. The van der Waals surface area contributed by atoms with Gasteiger partial charge in [-0.3, -0.25) is 9.59 Å². The Morgan fingerprint density at radius 3 is 2.70 bits per heavy atom. The summed E-state index contributed by atoms with van der Waals surface area (Å²) in [4.78, 5) is 23.7. The lowest BCUT2D eigenvalue weighted by Gasteiger charge is -2.19. The van der Waals surface area contributed by atoms with Crippen LogP contribution in [0, 0.1) is 11.7 Å². The summed E-state index contributed by atoms with van der Waals surface area (Å²) in [5.74, 6) is -2.67. The maximum absolute atomic E-state index is 13.5. The van der Waals surface area contributed by atoms with Crippen LogP contribution < -0.4 is 4.74 Å². The molecule has 1 atom stereocenters. The summed E-state index contributed by atoms with van der Waals surface area (Å²) in [7, 11) is 1.48. The maximum Gasteiger partial charge on any atom is 0.308 e. The van der Waals surface area contributed by atoms with E-state index in [0.717, 1.165) is 0 Å². The fourth-order valence-corrected chi connectivity index (χ4v) is 1.77. The molecule has 0 bridgehead atoms. The van der Waals surface area contributed by atoms with E-state index in [9.17, 15) is 14.0 Å². The Labute approximate surface area is 124 Å². The second kappa shape index (κ2) is 7.23. The average Bonchev–Trinajstić information content (AvgIpc) is 2.37. The number of rotatable bonds is 6. The average molecular weight is 348 g/mol. The quantitative estimate of drug-likeness (QED) is 0.856. The van der Waals surface area contributed by atoms with E-state index < -0.39 is 23.6 Å². The Morgan fingerprint density at radius 2 is 2.15 bits per heavy atom. The number of carbonyl (C=O) groups is 2. The SMILES string of the molecule is CC(CN(C)C(=O)COc1ccc(Br)cc1F)C(=O)O. The molecule has 1 N–H and O–H groups in total. The highest BCUT2D eigenvalue weighted by atomic mass is 79.9. The van der Waals surface area contributed by atoms with Crippen molar-refractivity contribution in [3.63, 3.8) is 0 Å². The molecule has 5 nitrogen and oxygen atoms in total. The molecule has 0 aliphatic carbocycles. The van der Waals surface area contributed by atoms with Crippen molar-refractivity contribution < 1.29 is 23.8 Å². The number of hydrogen-bond donors (Lipinski definition) is 1. The number of benzene rings is 1. The summed E-state index contributed by atoms with van der Waals surface area (Å²) in [6.07, 6.45) is 0. The molecule has 1 unspecified atom stereocenters. The molecule has 0 radical (unpaired) electrons. The second-order valence-corrected chi connectivity index (χ2v) is 5.29. The first kappa shape index (κ1) is 16.4. The predicted octanol–water partition coefficient (Wildman–Crippen LogP) is 2.15. The zero-order chi connectivity index (χ0) is 15.3. The van der Waals surface area contributed by atoms with Crippen LogP contribution in [-0.4, -0.2) is 42.1 Å². The van der Waals surface area contributed by atoms with Crippen molar-refractivity contribution in [3.05, 3.63) is 28.5 Å². The topological polar surface area (TPSA) is 66.8 Å². The van der Waals surface area contributed by atoms with Gasteiger partial charge in [0.1, 0.15) is 0 Å². The zero-order valence-electron chi connectivity index (χ0n) is 11.1. The monoisotopic (exact) mass is 347 g/mol. The molecular formula is C13H15BrFNO4.